The van der Waals surface area contributed by atoms with E-state index in [0.29, 0.717) is 17.6 Å². The van der Waals surface area contributed by atoms with Crippen LogP contribution in [0, 0.1) is 0 Å². The Morgan fingerprint density at radius 1 is 0.619 bits per heavy atom. The van der Waals surface area contributed by atoms with Crippen LogP contribution < -0.4 is 4.90 Å². The van der Waals surface area contributed by atoms with Crippen LogP contribution in [-0.4, -0.2) is 29.0 Å². The Labute approximate surface area is 124 Å². The number of aromatic nitrogens is 3. The molecule has 0 spiro atoms. The predicted molar refractivity (Wildman–Crippen MR) is 85.0 cm³/mol. The van der Waals surface area contributed by atoms with E-state index >= 15 is 0 Å². The highest BCUT2D eigenvalue weighted by Gasteiger charge is 2.10. The Kier molecular flexibility index (Phi) is 3.60. The molecule has 104 valence electrons. The van der Waals surface area contributed by atoms with Crippen molar-refractivity contribution in [1.82, 2.24) is 15.0 Å². The molecular formula is C17H16N4. The molecule has 0 aliphatic carbocycles. The van der Waals surface area contributed by atoms with Gasteiger partial charge in [0.15, 0.2) is 11.6 Å². The normalized spacial score (nSPS) is 10.4. The summed E-state index contributed by atoms with van der Waals surface area (Å²) in [4.78, 5) is 15.6. The molecule has 3 rings (SSSR count). The van der Waals surface area contributed by atoms with Gasteiger partial charge >= 0.3 is 0 Å². The van der Waals surface area contributed by atoms with Crippen LogP contribution in [0.3, 0.4) is 0 Å². The van der Waals surface area contributed by atoms with Gasteiger partial charge in [0.1, 0.15) is 0 Å². The van der Waals surface area contributed by atoms with Crippen molar-refractivity contribution in [3.05, 3.63) is 60.7 Å². The fourth-order valence-electron chi connectivity index (χ4n) is 2.00. The van der Waals surface area contributed by atoms with Crippen LogP contribution in [-0.2, 0) is 0 Å². The second kappa shape index (κ2) is 5.71. The van der Waals surface area contributed by atoms with Crippen molar-refractivity contribution < 1.29 is 0 Å². The third-order valence-electron chi connectivity index (χ3n) is 3.09. The molecule has 0 unspecified atom stereocenters. The van der Waals surface area contributed by atoms with Gasteiger partial charge in [0, 0.05) is 25.2 Å². The first-order valence-electron chi connectivity index (χ1n) is 6.78. The molecule has 0 fully saturated rings. The smallest absolute Gasteiger partial charge is 0.228 e. The summed E-state index contributed by atoms with van der Waals surface area (Å²) in [5.74, 6) is 2.03. The molecule has 1 aromatic heterocycles. The number of benzene rings is 2. The van der Waals surface area contributed by atoms with Crippen LogP contribution in [0.1, 0.15) is 0 Å². The van der Waals surface area contributed by atoms with E-state index in [1.807, 2.05) is 79.7 Å². The Bertz CT molecular complexity index is 667. The summed E-state index contributed by atoms with van der Waals surface area (Å²) in [6.45, 7) is 0. The lowest BCUT2D eigenvalue weighted by Crippen LogP contribution is -2.14. The standard InChI is InChI=1S/C17H16N4/c1-21(2)17-19-15(13-9-5-3-6-10-13)18-16(20-17)14-11-7-4-8-12-14/h3-12H,1-2H3. The Morgan fingerprint density at radius 2 is 1.05 bits per heavy atom. The number of nitrogens with zero attached hydrogens (tertiary/aromatic N) is 4. The molecule has 0 aliphatic rings. The minimum atomic E-state index is 0.655. The summed E-state index contributed by atoms with van der Waals surface area (Å²) in [5, 5.41) is 0. The zero-order valence-electron chi connectivity index (χ0n) is 12.1. The van der Waals surface area contributed by atoms with E-state index in [4.69, 9.17) is 0 Å². The first kappa shape index (κ1) is 13.2. The van der Waals surface area contributed by atoms with Gasteiger partial charge in [-0.25, -0.2) is 4.98 Å². The summed E-state index contributed by atoms with van der Waals surface area (Å²) >= 11 is 0. The van der Waals surface area contributed by atoms with Gasteiger partial charge in [-0.3, -0.25) is 0 Å². The van der Waals surface area contributed by atoms with Crippen molar-refractivity contribution in [1.29, 1.82) is 0 Å². The molecule has 21 heavy (non-hydrogen) atoms. The van der Waals surface area contributed by atoms with Crippen molar-refractivity contribution in [3.63, 3.8) is 0 Å². The van der Waals surface area contributed by atoms with Crippen LogP contribution in [0.4, 0.5) is 5.95 Å². The van der Waals surface area contributed by atoms with Crippen LogP contribution in [0.15, 0.2) is 60.7 Å². The molecule has 0 N–H and O–H groups in total. The number of hydrogen-bond acceptors (Lipinski definition) is 4. The Morgan fingerprint density at radius 3 is 1.43 bits per heavy atom. The van der Waals surface area contributed by atoms with Crippen LogP contribution in [0.25, 0.3) is 22.8 Å². The molecule has 0 saturated heterocycles. The zero-order valence-corrected chi connectivity index (χ0v) is 12.1. The van der Waals surface area contributed by atoms with Crippen LogP contribution in [0.2, 0.25) is 0 Å². The van der Waals surface area contributed by atoms with E-state index in [1.165, 1.54) is 0 Å². The SMILES string of the molecule is CN(C)c1nc(-c2ccccc2)nc(-c2ccccc2)n1. The minimum Gasteiger partial charge on any atom is -0.347 e. The highest BCUT2D eigenvalue weighted by atomic mass is 15.2. The van der Waals surface area contributed by atoms with E-state index in [1.54, 1.807) is 0 Å². The minimum absolute atomic E-state index is 0.655. The summed E-state index contributed by atoms with van der Waals surface area (Å²) in [5.41, 5.74) is 1.97. The molecule has 0 saturated carbocycles. The predicted octanol–water partition coefficient (Wildman–Crippen LogP) is 3.27. The van der Waals surface area contributed by atoms with Gasteiger partial charge in [-0.1, -0.05) is 60.7 Å². The first-order chi connectivity index (χ1) is 10.2. The topological polar surface area (TPSA) is 41.9 Å². The van der Waals surface area contributed by atoms with Crippen molar-refractivity contribution >= 4 is 5.95 Å². The Hall–Kier alpha value is -2.75. The van der Waals surface area contributed by atoms with E-state index in [0.717, 1.165) is 11.1 Å². The average molecular weight is 276 g/mol. The van der Waals surface area contributed by atoms with E-state index < -0.39 is 0 Å². The lowest BCUT2D eigenvalue weighted by molar-refractivity contribution is 0.967. The van der Waals surface area contributed by atoms with E-state index in [2.05, 4.69) is 15.0 Å². The largest absolute Gasteiger partial charge is 0.347 e. The maximum Gasteiger partial charge on any atom is 0.228 e. The fourth-order valence-corrected chi connectivity index (χ4v) is 2.00. The summed E-state index contributed by atoms with van der Waals surface area (Å²) in [6, 6.07) is 19.9. The lowest BCUT2D eigenvalue weighted by Gasteiger charge is -2.13. The molecule has 0 aliphatic heterocycles. The molecule has 0 radical (unpaired) electrons. The number of rotatable bonds is 3. The molecule has 4 heteroatoms. The highest BCUT2D eigenvalue weighted by molar-refractivity contribution is 5.62. The summed E-state index contributed by atoms with van der Waals surface area (Å²) in [7, 11) is 3.86. The third kappa shape index (κ3) is 2.89. The monoisotopic (exact) mass is 276 g/mol. The zero-order chi connectivity index (χ0) is 14.7. The first-order valence-corrected chi connectivity index (χ1v) is 6.78. The third-order valence-corrected chi connectivity index (χ3v) is 3.09. The summed E-state index contributed by atoms with van der Waals surface area (Å²) < 4.78 is 0. The van der Waals surface area contributed by atoms with Crippen molar-refractivity contribution in [2.45, 2.75) is 0 Å². The van der Waals surface area contributed by atoms with Gasteiger partial charge in [-0.05, 0) is 0 Å². The van der Waals surface area contributed by atoms with Crippen molar-refractivity contribution in [2.75, 3.05) is 19.0 Å². The molecule has 4 nitrogen and oxygen atoms in total. The molecule has 2 aromatic carbocycles. The van der Waals surface area contributed by atoms with E-state index in [9.17, 15) is 0 Å². The van der Waals surface area contributed by atoms with Crippen molar-refractivity contribution in [2.24, 2.45) is 0 Å². The van der Waals surface area contributed by atoms with Gasteiger partial charge in [0.05, 0.1) is 0 Å². The van der Waals surface area contributed by atoms with E-state index in [-0.39, 0.29) is 0 Å². The fraction of sp³-hybridized carbons (Fsp3) is 0.118. The van der Waals surface area contributed by atoms with Gasteiger partial charge in [0.25, 0.3) is 0 Å². The quantitative estimate of drug-likeness (QED) is 0.736. The van der Waals surface area contributed by atoms with Gasteiger partial charge < -0.3 is 4.90 Å². The lowest BCUT2D eigenvalue weighted by atomic mass is 10.2. The molecule has 1 heterocycles. The second-order valence-corrected chi connectivity index (χ2v) is 4.91. The maximum atomic E-state index is 4.61. The molecule has 0 amide bonds. The molecular weight excluding hydrogens is 260 g/mol. The maximum absolute atomic E-state index is 4.61. The highest BCUT2D eigenvalue weighted by Crippen LogP contribution is 2.21. The van der Waals surface area contributed by atoms with Crippen molar-refractivity contribution in [3.8, 4) is 22.8 Å². The average Bonchev–Trinajstić information content (AvgIpc) is 2.56. The molecule has 0 bridgehead atoms. The van der Waals surface area contributed by atoms with Crippen LogP contribution in [0.5, 0.6) is 0 Å². The van der Waals surface area contributed by atoms with Gasteiger partial charge in [0.2, 0.25) is 5.95 Å². The molecule has 0 atom stereocenters. The molecule has 3 aromatic rings. The second-order valence-electron chi connectivity index (χ2n) is 4.91. The number of hydrogen-bond donors (Lipinski definition) is 0. The summed E-state index contributed by atoms with van der Waals surface area (Å²) in [6.07, 6.45) is 0. The van der Waals surface area contributed by atoms with Crippen LogP contribution >= 0.6 is 0 Å². The number of anilines is 1. The van der Waals surface area contributed by atoms with Gasteiger partial charge in [-0.2, -0.15) is 9.97 Å². The Balaban J connectivity index is 2.16. The van der Waals surface area contributed by atoms with Gasteiger partial charge in [-0.15, -0.1) is 0 Å².